The largest absolute Gasteiger partial charge is 0.482 e. The Morgan fingerprint density at radius 1 is 1.21 bits per heavy atom. The molecule has 1 heterocycles. The molecule has 152 valence electrons. The summed E-state index contributed by atoms with van der Waals surface area (Å²) < 4.78 is 7.09. The number of ether oxygens (including phenoxy) is 1. The van der Waals surface area contributed by atoms with Gasteiger partial charge in [0.15, 0.2) is 6.61 Å². The monoisotopic (exact) mass is 387 g/mol. The molecule has 1 aromatic carbocycles. The fourth-order valence-corrected chi connectivity index (χ4v) is 2.98. The highest BCUT2D eigenvalue weighted by molar-refractivity contribution is 5.79. The number of carboxylic acids is 1. The second kappa shape index (κ2) is 9.92. The molecule has 2 N–H and O–H groups in total. The Hall–Kier alpha value is -2.83. The molecule has 0 spiro atoms. The normalized spacial score (nSPS) is 10.9. The third-order valence-corrected chi connectivity index (χ3v) is 4.43. The molecular weight excluding hydrogens is 358 g/mol. The number of carbonyl (C=O) groups is 2. The van der Waals surface area contributed by atoms with Crippen molar-refractivity contribution < 1.29 is 19.4 Å². The summed E-state index contributed by atoms with van der Waals surface area (Å²) in [5.74, 6) is -0.0103. The van der Waals surface area contributed by atoms with E-state index in [0.717, 1.165) is 29.1 Å². The van der Waals surface area contributed by atoms with Crippen LogP contribution in [0.15, 0.2) is 24.3 Å². The Labute approximate surface area is 165 Å². The molecular formula is C21H29N3O4. The summed E-state index contributed by atoms with van der Waals surface area (Å²) in [7, 11) is 0. The molecule has 7 heteroatoms. The molecule has 0 aliphatic carbocycles. The van der Waals surface area contributed by atoms with Crippen LogP contribution in [0.4, 0.5) is 0 Å². The molecule has 0 bridgehead atoms. The molecule has 7 nitrogen and oxygen atoms in total. The number of aromatic nitrogens is 2. The maximum absolute atomic E-state index is 12.3. The van der Waals surface area contributed by atoms with Crippen LogP contribution in [-0.2, 0) is 29.0 Å². The smallest absolute Gasteiger partial charge is 0.341 e. The van der Waals surface area contributed by atoms with Gasteiger partial charge in [-0.15, -0.1) is 0 Å². The van der Waals surface area contributed by atoms with Gasteiger partial charge in [0.1, 0.15) is 5.75 Å². The predicted molar refractivity (Wildman–Crippen MR) is 107 cm³/mol. The summed E-state index contributed by atoms with van der Waals surface area (Å²) in [4.78, 5) is 22.8. The number of aryl methyl sites for hydroxylation is 1. The standard InChI is InChI=1S/C21H29N3O4/c1-14(2)12-24-16(4)19(15(3)23-24)11-20(25)22-10-9-17-5-7-18(8-6-17)28-13-21(26)27/h5-8,14H,9-13H2,1-4H3,(H,22,25)(H,26,27). The predicted octanol–water partition coefficient (Wildman–Crippen LogP) is 2.52. The minimum Gasteiger partial charge on any atom is -0.482 e. The van der Waals surface area contributed by atoms with Crippen LogP contribution in [0.25, 0.3) is 0 Å². The van der Waals surface area contributed by atoms with E-state index in [0.29, 0.717) is 31.1 Å². The average Bonchev–Trinajstić information content (AvgIpc) is 2.88. The van der Waals surface area contributed by atoms with Gasteiger partial charge in [0, 0.05) is 24.3 Å². The molecule has 0 aliphatic heterocycles. The summed E-state index contributed by atoms with van der Waals surface area (Å²) in [5, 5.41) is 16.1. The van der Waals surface area contributed by atoms with Gasteiger partial charge in [-0.1, -0.05) is 26.0 Å². The Kier molecular flexibility index (Phi) is 7.61. The van der Waals surface area contributed by atoms with Gasteiger partial charge in [-0.25, -0.2) is 4.79 Å². The van der Waals surface area contributed by atoms with E-state index in [1.807, 2.05) is 30.7 Å². The SMILES string of the molecule is Cc1nn(CC(C)C)c(C)c1CC(=O)NCCc1ccc(OCC(=O)O)cc1. The highest BCUT2D eigenvalue weighted by Crippen LogP contribution is 2.15. The van der Waals surface area contributed by atoms with Gasteiger partial charge < -0.3 is 15.2 Å². The first-order valence-corrected chi connectivity index (χ1v) is 9.49. The van der Waals surface area contributed by atoms with Crippen molar-refractivity contribution in [1.82, 2.24) is 15.1 Å². The number of hydrogen-bond donors (Lipinski definition) is 2. The van der Waals surface area contributed by atoms with Crippen molar-refractivity contribution in [2.45, 2.75) is 47.1 Å². The molecule has 0 aliphatic rings. The molecule has 0 atom stereocenters. The Morgan fingerprint density at radius 3 is 2.50 bits per heavy atom. The number of amides is 1. The van der Waals surface area contributed by atoms with E-state index in [-0.39, 0.29) is 12.5 Å². The topological polar surface area (TPSA) is 93.5 Å². The molecule has 0 fully saturated rings. The van der Waals surface area contributed by atoms with E-state index in [4.69, 9.17) is 9.84 Å². The summed E-state index contributed by atoms with van der Waals surface area (Å²) in [6.45, 7) is 9.27. The van der Waals surface area contributed by atoms with E-state index >= 15 is 0 Å². The number of hydrogen-bond acceptors (Lipinski definition) is 4. The van der Waals surface area contributed by atoms with E-state index < -0.39 is 5.97 Å². The van der Waals surface area contributed by atoms with E-state index in [1.165, 1.54) is 0 Å². The molecule has 0 unspecified atom stereocenters. The molecule has 2 rings (SSSR count). The van der Waals surface area contributed by atoms with Crippen LogP contribution in [0.3, 0.4) is 0 Å². The minimum absolute atomic E-state index is 0.0169. The van der Waals surface area contributed by atoms with Crippen molar-refractivity contribution in [3.63, 3.8) is 0 Å². The van der Waals surface area contributed by atoms with E-state index in [2.05, 4.69) is 24.3 Å². The molecule has 28 heavy (non-hydrogen) atoms. The van der Waals surface area contributed by atoms with Crippen LogP contribution in [0.1, 0.15) is 36.4 Å². The third-order valence-electron chi connectivity index (χ3n) is 4.43. The molecule has 2 aromatic rings. The van der Waals surface area contributed by atoms with Crippen LogP contribution >= 0.6 is 0 Å². The van der Waals surface area contributed by atoms with Gasteiger partial charge >= 0.3 is 5.97 Å². The fraction of sp³-hybridized carbons (Fsp3) is 0.476. The van der Waals surface area contributed by atoms with Crippen LogP contribution in [0.5, 0.6) is 5.75 Å². The average molecular weight is 387 g/mol. The fourth-order valence-electron chi connectivity index (χ4n) is 2.98. The van der Waals surface area contributed by atoms with Gasteiger partial charge in [0.05, 0.1) is 12.1 Å². The Morgan fingerprint density at radius 2 is 1.89 bits per heavy atom. The van der Waals surface area contributed by atoms with E-state index in [1.54, 1.807) is 12.1 Å². The molecule has 1 aromatic heterocycles. The number of aliphatic carboxylic acids is 1. The first-order chi connectivity index (χ1) is 13.3. The van der Waals surface area contributed by atoms with Crippen LogP contribution in [-0.4, -0.2) is 39.9 Å². The maximum Gasteiger partial charge on any atom is 0.341 e. The highest BCUT2D eigenvalue weighted by atomic mass is 16.5. The van der Waals surface area contributed by atoms with Crippen molar-refractivity contribution in [3.05, 3.63) is 46.8 Å². The molecule has 0 saturated heterocycles. The summed E-state index contributed by atoms with van der Waals surface area (Å²) in [6.07, 6.45) is 1.02. The summed E-state index contributed by atoms with van der Waals surface area (Å²) in [5.41, 5.74) is 4.00. The van der Waals surface area contributed by atoms with Crippen LogP contribution < -0.4 is 10.1 Å². The lowest BCUT2D eigenvalue weighted by atomic mass is 10.1. The summed E-state index contributed by atoms with van der Waals surface area (Å²) >= 11 is 0. The number of benzene rings is 1. The highest BCUT2D eigenvalue weighted by Gasteiger charge is 2.15. The number of rotatable bonds is 10. The zero-order chi connectivity index (χ0) is 20.7. The van der Waals surface area contributed by atoms with Crippen molar-refractivity contribution >= 4 is 11.9 Å². The number of nitrogens with one attached hydrogen (secondary N) is 1. The molecule has 1 amide bonds. The quantitative estimate of drug-likeness (QED) is 0.653. The Bertz CT molecular complexity index is 810. The van der Waals surface area contributed by atoms with E-state index in [9.17, 15) is 9.59 Å². The van der Waals surface area contributed by atoms with Crippen molar-refractivity contribution in [1.29, 1.82) is 0 Å². The summed E-state index contributed by atoms with van der Waals surface area (Å²) in [6, 6.07) is 7.20. The second-order valence-electron chi connectivity index (χ2n) is 7.33. The first-order valence-electron chi connectivity index (χ1n) is 9.49. The number of nitrogens with zero attached hydrogens (tertiary/aromatic N) is 2. The lowest BCUT2D eigenvalue weighted by molar-refractivity contribution is -0.139. The minimum atomic E-state index is -1.01. The lowest BCUT2D eigenvalue weighted by Gasteiger charge is -2.09. The Balaban J connectivity index is 1.81. The van der Waals surface area contributed by atoms with Crippen LogP contribution in [0, 0.1) is 19.8 Å². The number of carbonyl (C=O) groups excluding carboxylic acids is 1. The zero-order valence-electron chi connectivity index (χ0n) is 17.0. The zero-order valence-corrected chi connectivity index (χ0v) is 17.0. The van der Waals surface area contributed by atoms with Crippen molar-refractivity contribution in [2.75, 3.05) is 13.2 Å². The molecule has 0 radical (unpaired) electrons. The van der Waals surface area contributed by atoms with Crippen LogP contribution in [0.2, 0.25) is 0 Å². The third kappa shape index (κ3) is 6.40. The first kappa shape index (κ1) is 21.5. The van der Waals surface area contributed by atoms with Gasteiger partial charge in [0.2, 0.25) is 5.91 Å². The van der Waals surface area contributed by atoms with Gasteiger partial charge in [-0.05, 0) is 43.9 Å². The number of carboxylic acid groups (broad SMARTS) is 1. The molecule has 0 saturated carbocycles. The van der Waals surface area contributed by atoms with Gasteiger partial charge in [0.25, 0.3) is 0 Å². The second-order valence-corrected chi connectivity index (χ2v) is 7.33. The lowest BCUT2D eigenvalue weighted by Crippen LogP contribution is -2.27. The maximum atomic E-state index is 12.3. The van der Waals surface area contributed by atoms with Crippen molar-refractivity contribution in [2.24, 2.45) is 5.92 Å². The van der Waals surface area contributed by atoms with Gasteiger partial charge in [-0.2, -0.15) is 5.10 Å². The van der Waals surface area contributed by atoms with Gasteiger partial charge in [-0.3, -0.25) is 9.48 Å². The van der Waals surface area contributed by atoms with Crippen molar-refractivity contribution in [3.8, 4) is 5.75 Å².